The Bertz CT molecular complexity index is 978. The third kappa shape index (κ3) is 4.37. The average Bonchev–Trinajstić information content (AvgIpc) is 2.77. The standard InChI is InChI=1S/C23H30N2O5/c1-15-20(29-16(2)22(26)24-9-10-25-11-13-28-14-12-25)8-7-18-17-5-3-4-6-19(17)23(27)30-21(15)18/h7-8,16H,3-6,9-14H2,1-2H3,(H,24,26)/t16-/m0/s1. The number of nitrogens with one attached hydrogen (secondary N) is 1. The number of rotatable bonds is 6. The number of hydrogen-bond acceptors (Lipinski definition) is 6. The molecule has 2 aromatic rings. The van der Waals surface area contributed by atoms with Crippen LogP contribution in [0.25, 0.3) is 11.0 Å². The van der Waals surface area contributed by atoms with Crippen LogP contribution in [0.2, 0.25) is 0 Å². The highest BCUT2D eigenvalue weighted by Crippen LogP contribution is 2.32. The van der Waals surface area contributed by atoms with Crippen molar-refractivity contribution < 1.29 is 18.7 Å². The van der Waals surface area contributed by atoms with E-state index < -0.39 is 6.10 Å². The lowest BCUT2D eigenvalue weighted by Gasteiger charge is -2.26. The van der Waals surface area contributed by atoms with Crippen LogP contribution in [-0.4, -0.2) is 56.3 Å². The van der Waals surface area contributed by atoms with Crippen LogP contribution >= 0.6 is 0 Å². The van der Waals surface area contributed by atoms with Gasteiger partial charge < -0.3 is 19.2 Å². The van der Waals surface area contributed by atoms with E-state index in [2.05, 4.69) is 10.2 Å². The van der Waals surface area contributed by atoms with Gasteiger partial charge in [-0.3, -0.25) is 9.69 Å². The van der Waals surface area contributed by atoms with Crippen molar-refractivity contribution in [3.63, 3.8) is 0 Å². The van der Waals surface area contributed by atoms with Crippen LogP contribution in [0.3, 0.4) is 0 Å². The lowest BCUT2D eigenvalue weighted by atomic mass is 9.90. The molecule has 0 saturated carbocycles. The van der Waals surface area contributed by atoms with E-state index >= 15 is 0 Å². The number of morpholine rings is 1. The number of ether oxygens (including phenoxy) is 2. The number of carbonyl (C=O) groups is 1. The van der Waals surface area contributed by atoms with Gasteiger partial charge in [0, 0.05) is 42.7 Å². The molecule has 1 aliphatic carbocycles. The zero-order chi connectivity index (χ0) is 21.1. The summed E-state index contributed by atoms with van der Waals surface area (Å²) in [5.41, 5.74) is 3.00. The summed E-state index contributed by atoms with van der Waals surface area (Å²) in [5, 5.41) is 3.92. The molecule has 4 rings (SSSR count). The largest absolute Gasteiger partial charge is 0.480 e. The van der Waals surface area contributed by atoms with Crippen molar-refractivity contribution >= 4 is 16.9 Å². The molecule has 162 valence electrons. The van der Waals surface area contributed by atoms with Crippen molar-refractivity contribution in [1.82, 2.24) is 10.2 Å². The van der Waals surface area contributed by atoms with Gasteiger partial charge in [0.2, 0.25) is 0 Å². The number of amides is 1. The third-order valence-electron chi connectivity index (χ3n) is 6.09. The number of carbonyl (C=O) groups excluding carboxylic acids is 1. The van der Waals surface area contributed by atoms with Crippen LogP contribution in [0.15, 0.2) is 21.3 Å². The van der Waals surface area contributed by atoms with Gasteiger partial charge in [0.1, 0.15) is 11.3 Å². The van der Waals surface area contributed by atoms with Crippen LogP contribution in [0.4, 0.5) is 0 Å². The number of benzene rings is 1. The van der Waals surface area contributed by atoms with Crippen LogP contribution in [0.5, 0.6) is 5.75 Å². The average molecular weight is 415 g/mol. The fourth-order valence-corrected chi connectivity index (χ4v) is 4.30. The highest BCUT2D eigenvalue weighted by molar-refractivity contribution is 5.86. The highest BCUT2D eigenvalue weighted by Gasteiger charge is 2.22. The minimum atomic E-state index is -0.643. The van der Waals surface area contributed by atoms with Gasteiger partial charge >= 0.3 is 5.63 Å². The summed E-state index contributed by atoms with van der Waals surface area (Å²) in [4.78, 5) is 27.2. The number of fused-ring (bicyclic) bond motifs is 3. The van der Waals surface area contributed by atoms with Crippen LogP contribution < -0.4 is 15.7 Å². The molecule has 7 heteroatoms. The van der Waals surface area contributed by atoms with Gasteiger partial charge in [0.05, 0.1) is 13.2 Å². The minimum absolute atomic E-state index is 0.158. The zero-order valence-corrected chi connectivity index (χ0v) is 17.8. The van der Waals surface area contributed by atoms with E-state index in [-0.39, 0.29) is 11.5 Å². The SMILES string of the molecule is Cc1c(O[C@@H](C)C(=O)NCCN2CCOCC2)ccc2c3c(c(=O)oc12)CCCC3. The van der Waals surface area contributed by atoms with E-state index in [1.165, 1.54) is 0 Å². The third-order valence-corrected chi connectivity index (χ3v) is 6.09. The summed E-state index contributed by atoms with van der Waals surface area (Å²) in [6, 6.07) is 3.83. The Kier molecular flexibility index (Phi) is 6.39. The Morgan fingerprint density at radius 3 is 2.70 bits per heavy atom. The molecule has 0 bridgehead atoms. The van der Waals surface area contributed by atoms with Gasteiger partial charge in [0.15, 0.2) is 6.10 Å². The van der Waals surface area contributed by atoms with Crippen molar-refractivity contribution in [2.24, 2.45) is 0 Å². The first-order chi connectivity index (χ1) is 14.5. The van der Waals surface area contributed by atoms with E-state index in [0.717, 1.165) is 80.6 Å². The Morgan fingerprint density at radius 2 is 1.93 bits per heavy atom. The Balaban J connectivity index is 1.43. The fourth-order valence-electron chi connectivity index (χ4n) is 4.30. The quantitative estimate of drug-likeness (QED) is 0.730. The van der Waals surface area contributed by atoms with Crippen molar-refractivity contribution in [2.45, 2.75) is 45.6 Å². The number of hydrogen-bond donors (Lipinski definition) is 1. The molecule has 0 unspecified atom stereocenters. The van der Waals surface area contributed by atoms with Crippen LogP contribution in [0.1, 0.15) is 36.5 Å². The molecular formula is C23H30N2O5. The van der Waals surface area contributed by atoms with E-state index in [4.69, 9.17) is 13.9 Å². The smallest absolute Gasteiger partial charge is 0.339 e. The molecule has 1 aromatic carbocycles. The van der Waals surface area contributed by atoms with Gasteiger partial charge in [-0.2, -0.15) is 0 Å². The van der Waals surface area contributed by atoms with Crippen LogP contribution in [-0.2, 0) is 22.4 Å². The predicted molar refractivity (Wildman–Crippen MR) is 114 cm³/mol. The van der Waals surface area contributed by atoms with Crippen LogP contribution in [0, 0.1) is 6.92 Å². The topological polar surface area (TPSA) is 81.0 Å². The molecule has 7 nitrogen and oxygen atoms in total. The molecule has 1 N–H and O–H groups in total. The number of aryl methyl sites for hydroxylation is 2. The Morgan fingerprint density at radius 1 is 1.20 bits per heavy atom. The lowest BCUT2D eigenvalue weighted by molar-refractivity contribution is -0.127. The minimum Gasteiger partial charge on any atom is -0.480 e. The molecule has 1 atom stereocenters. The summed E-state index contributed by atoms with van der Waals surface area (Å²) in [7, 11) is 0. The van der Waals surface area contributed by atoms with Gasteiger partial charge in [-0.25, -0.2) is 4.79 Å². The fraction of sp³-hybridized carbons (Fsp3) is 0.565. The van der Waals surface area contributed by atoms with Crippen molar-refractivity contribution in [3.05, 3.63) is 39.2 Å². The molecule has 1 aromatic heterocycles. The predicted octanol–water partition coefficient (Wildman–Crippen LogP) is 2.20. The second kappa shape index (κ2) is 9.18. The molecular weight excluding hydrogens is 384 g/mol. The first-order valence-electron chi connectivity index (χ1n) is 10.9. The van der Waals surface area contributed by atoms with E-state index in [0.29, 0.717) is 17.9 Å². The second-order valence-electron chi connectivity index (χ2n) is 8.12. The highest BCUT2D eigenvalue weighted by atomic mass is 16.5. The summed E-state index contributed by atoms with van der Waals surface area (Å²) >= 11 is 0. The van der Waals surface area contributed by atoms with Crippen molar-refractivity contribution in [2.75, 3.05) is 39.4 Å². The van der Waals surface area contributed by atoms with Crippen molar-refractivity contribution in [3.8, 4) is 5.75 Å². The molecule has 2 aliphatic rings. The zero-order valence-electron chi connectivity index (χ0n) is 17.8. The Hall–Kier alpha value is -2.38. The van der Waals surface area contributed by atoms with E-state index in [1.54, 1.807) is 6.92 Å². The summed E-state index contributed by atoms with van der Waals surface area (Å²) in [5.74, 6) is 0.409. The maximum Gasteiger partial charge on any atom is 0.339 e. The summed E-state index contributed by atoms with van der Waals surface area (Å²) < 4.78 is 16.9. The van der Waals surface area contributed by atoms with Crippen molar-refractivity contribution in [1.29, 1.82) is 0 Å². The molecule has 30 heavy (non-hydrogen) atoms. The van der Waals surface area contributed by atoms with Gasteiger partial charge in [0.25, 0.3) is 5.91 Å². The molecule has 0 radical (unpaired) electrons. The molecule has 1 fully saturated rings. The van der Waals surface area contributed by atoms with E-state index in [1.807, 2.05) is 19.1 Å². The second-order valence-corrected chi connectivity index (χ2v) is 8.12. The summed E-state index contributed by atoms with van der Waals surface area (Å²) in [6.07, 6.45) is 3.16. The molecule has 1 saturated heterocycles. The first-order valence-corrected chi connectivity index (χ1v) is 10.9. The molecule has 2 heterocycles. The molecule has 0 spiro atoms. The van der Waals surface area contributed by atoms with Gasteiger partial charge in [-0.1, -0.05) is 0 Å². The molecule has 1 amide bonds. The maximum atomic E-state index is 12.5. The molecule has 1 aliphatic heterocycles. The Labute approximate surface area is 176 Å². The number of nitrogens with zero attached hydrogens (tertiary/aromatic N) is 1. The maximum absolute atomic E-state index is 12.5. The summed E-state index contributed by atoms with van der Waals surface area (Å²) in [6.45, 7) is 8.26. The van der Waals surface area contributed by atoms with Gasteiger partial charge in [-0.05, 0) is 57.2 Å². The van der Waals surface area contributed by atoms with E-state index in [9.17, 15) is 9.59 Å². The monoisotopic (exact) mass is 414 g/mol. The first kappa shape index (κ1) is 20.9. The van der Waals surface area contributed by atoms with Gasteiger partial charge in [-0.15, -0.1) is 0 Å². The lowest BCUT2D eigenvalue weighted by Crippen LogP contribution is -2.43. The normalized spacial score (nSPS) is 18.1.